The Kier molecular flexibility index (Phi) is 2.86. The first kappa shape index (κ1) is 11.7. The second-order valence-corrected chi connectivity index (χ2v) is 5.53. The fourth-order valence-corrected chi connectivity index (χ4v) is 2.57. The second-order valence-electron chi connectivity index (χ2n) is 5.53. The molecule has 98 valence electrons. The summed E-state index contributed by atoms with van der Waals surface area (Å²) in [6, 6.07) is 1.90. The largest absolute Gasteiger partial charge is 0.364 e. The highest BCUT2D eigenvalue weighted by atomic mass is 15.3. The van der Waals surface area contributed by atoms with Gasteiger partial charge < -0.3 is 10.7 Å². The van der Waals surface area contributed by atoms with E-state index in [1.165, 1.54) is 32.1 Å². The molecular weight excluding hydrogens is 226 g/mol. The van der Waals surface area contributed by atoms with E-state index >= 15 is 0 Å². The van der Waals surface area contributed by atoms with E-state index in [-0.39, 0.29) is 5.54 Å². The highest BCUT2D eigenvalue weighted by Crippen LogP contribution is 2.40. The van der Waals surface area contributed by atoms with E-state index in [1.807, 2.05) is 6.07 Å². The summed E-state index contributed by atoms with van der Waals surface area (Å²) in [7, 11) is 0. The summed E-state index contributed by atoms with van der Waals surface area (Å²) in [4.78, 5) is 9.07. The molecule has 0 aromatic carbocycles. The van der Waals surface area contributed by atoms with Crippen molar-refractivity contribution in [1.29, 1.82) is 0 Å². The lowest BCUT2D eigenvalue weighted by atomic mass is 9.75. The Morgan fingerprint density at radius 1 is 1.33 bits per heavy atom. The molecule has 0 saturated heterocycles. The fourth-order valence-electron chi connectivity index (χ4n) is 2.57. The van der Waals surface area contributed by atoms with Gasteiger partial charge in [0.25, 0.3) is 0 Å². The Labute approximate surface area is 108 Å². The van der Waals surface area contributed by atoms with Crippen LogP contribution in [0.4, 0.5) is 11.6 Å². The molecule has 0 aliphatic heterocycles. The number of aromatic nitrogens is 2. The van der Waals surface area contributed by atoms with Crippen LogP contribution in [0.5, 0.6) is 0 Å². The molecule has 5 heteroatoms. The van der Waals surface area contributed by atoms with Crippen LogP contribution in [-0.4, -0.2) is 15.5 Å². The smallest absolute Gasteiger partial charge is 0.145 e. The third-order valence-electron chi connectivity index (χ3n) is 4.21. The molecular formula is C13H21N5. The lowest BCUT2D eigenvalue weighted by molar-refractivity contribution is 0.268. The van der Waals surface area contributed by atoms with Gasteiger partial charge in [0.15, 0.2) is 0 Å². The van der Waals surface area contributed by atoms with Gasteiger partial charge >= 0.3 is 0 Å². The molecule has 5 nitrogen and oxygen atoms in total. The third kappa shape index (κ3) is 2.14. The van der Waals surface area contributed by atoms with Crippen molar-refractivity contribution in [1.82, 2.24) is 9.97 Å². The Morgan fingerprint density at radius 3 is 2.56 bits per heavy atom. The quantitative estimate of drug-likeness (QED) is 0.550. The minimum atomic E-state index is 0.251. The van der Waals surface area contributed by atoms with Crippen LogP contribution in [0.15, 0.2) is 6.07 Å². The second kappa shape index (κ2) is 4.39. The Balaban J connectivity index is 1.83. The first-order valence-electron chi connectivity index (χ1n) is 6.88. The molecule has 0 unspecified atom stereocenters. The van der Waals surface area contributed by atoms with Crippen molar-refractivity contribution in [2.75, 3.05) is 10.7 Å². The van der Waals surface area contributed by atoms with Gasteiger partial charge in [-0.2, -0.15) is 0 Å². The molecule has 0 bridgehead atoms. The molecule has 0 spiro atoms. The maximum atomic E-state index is 5.48. The van der Waals surface area contributed by atoms with Gasteiger partial charge in [-0.1, -0.05) is 6.92 Å². The number of hydrogen-bond acceptors (Lipinski definition) is 5. The van der Waals surface area contributed by atoms with Crippen molar-refractivity contribution in [3.63, 3.8) is 0 Å². The number of nitrogens with two attached hydrogens (primary N) is 1. The molecule has 1 aromatic rings. The van der Waals surface area contributed by atoms with Gasteiger partial charge in [0, 0.05) is 17.5 Å². The van der Waals surface area contributed by atoms with Gasteiger partial charge in [0.05, 0.1) is 0 Å². The number of hydrogen-bond donors (Lipinski definition) is 3. The highest BCUT2D eigenvalue weighted by molar-refractivity contribution is 5.49. The average molecular weight is 247 g/mol. The van der Waals surface area contributed by atoms with Crippen molar-refractivity contribution in [2.45, 2.75) is 56.9 Å². The lowest BCUT2D eigenvalue weighted by Gasteiger charge is -2.42. The van der Waals surface area contributed by atoms with E-state index in [2.05, 4.69) is 27.6 Å². The number of nitrogens with zero attached hydrogens (tertiary/aromatic N) is 2. The number of nitrogens with one attached hydrogen (secondary N) is 2. The van der Waals surface area contributed by atoms with E-state index in [1.54, 1.807) is 0 Å². The molecule has 2 aliphatic rings. The average Bonchev–Trinajstić information content (AvgIpc) is 3.17. The Bertz CT molecular complexity index is 431. The standard InChI is InChI=1S/C13H21N5/c1-2-13(6-3-7-13)17-10-8-11(18-14)16-12(15-10)9-4-5-9/h8-9H,2-7,14H2,1H3,(H2,15,16,17,18). The summed E-state index contributed by atoms with van der Waals surface area (Å²) < 4.78 is 0. The van der Waals surface area contributed by atoms with Crippen molar-refractivity contribution >= 4 is 11.6 Å². The highest BCUT2D eigenvalue weighted by Gasteiger charge is 2.35. The van der Waals surface area contributed by atoms with Gasteiger partial charge in [-0.3, -0.25) is 0 Å². The van der Waals surface area contributed by atoms with Gasteiger partial charge in [-0.15, -0.1) is 0 Å². The van der Waals surface area contributed by atoms with Crippen LogP contribution in [-0.2, 0) is 0 Å². The number of hydrazine groups is 1. The summed E-state index contributed by atoms with van der Waals surface area (Å²) in [5, 5.41) is 3.59. The molecule has 0 atom stereocenters. The van der Waals surface area contributed by atoms with Gasteiger partial charge in [0.1, 0.15) is 17.5 Å². The lowest BCUT2D eigenvalue weighted by Crippen LogP contribution is -2.44. The normalized spacial score (nSPS) is 21.2. The van der Waals surface area contributed by atoms with E-state index in [0.717, 1.165) is 18.1 Å². The van der Waals surface area contributed by atoms with E-state index in [0.29, 0.717) is 11.7 Å². The van der Waals surface area contributed by atoms with Crippen LogP contribution in [0.3, 0.4) is 0 Å². The van der Waals surface area contributed by atoms with Crippen molar-refractivity contribution in [3.8, 4) is 0 Å². The molecule has 0 amide bonds. The molecule has 3 rings (SSSR count). The van der Waals surface area contributed by atoms with Crippen LogP contribution in [0.1, 0.15) is 57.2 Å². The molecule has 0 radical (unpaired) electrons. The van der Waals surface area contributed by atoms with Gasteiger partial charge in [-0.05, 0) is 38.5 Å². The first-order valence-corrected chi connectivity index (χ1v) is 6.88. The van der Waals surface area contributed by atoms with Crippen LogP contribution in [0.2, 0.25) is 0 Å². The Morgan fingerprint density at radius 2 is 2.06 bits per heavy atom. The zero-order chi connectivity index (χ0) is 12.6. The number of anilines is 2. The van der Waals surface area contributed by atoms with Gasteiger partial charge in [-0.25, -0.2) is 15.8 Å². The predicted molar refractivity (Wildman–Crippen MR) is 72.3 cm³/mol. The predicted octanol–water partition coefficient (Wildman–Crippen LogP) is 2.38. The molecule has 2 saturated carbocycles. The Hall–Kier alpha value is -1.36. The van der Waals surface area contributed by atoms with Crippen LogP contribution < -0.4 is 16.6 Å². The third-order valence-corrected chi connectivity index (χ3v) is 4.21. The minimum Gasteiger partial charge on any atom is -0.364 e. The summed E-state index contributed by atoms with van der Waals surface area (Å²) >= 11 is 0. The van der Waals surface area contributed by atoms with E-state index in [4.69, 9.17) is 5.84 Å². The molecule has 2 aliphatic carbocycles. The maximum absolute atomic E-state index is 5.48. The monoisotopic (exact) mass is 247 g/mol. The minimum absolute atomic E-state index is 0.251. The van der Waals surface area contributed by atoms with E-state index < -0.39 is 0 Å². The fraction of sp³-hybridized carbons (Fsp3) is 0.692. The summed E-state index contributed by atoms with van der Waals surface area (Å²) in [5.74, 6) is 8.58. The molecule has 18 heavy (non-hydrogen) atoms. The number of rotatable bonds is 5. The van der Waals surface area contributed by atoms with Crippen LogP contribution >= 0.6 is 0 Å². The topological polar surface area (TPSA) is 75.9 Å². The molecule has 2 fully saturated rings. The first-order chi connectivity index (χ1) is 8.74. The molecule has 1 heterocycles. The summed E-state index contributed by atoms with van der Waals surface area (Å²) in [5.41, 5.74) is 2.89. The van der Waals surface area contributed by atoms with Crippen molar-refractivity contribution in [3.05, 3.63) is 11.9 Å². The zero-order valence-corrected chi connectivity index (χ0v) is 10.9. The van der Waals surface area contributed by atoms with Crippen molar-refractivity contribution in [2.24, 2.45) is 5.84 Å². The maximum Gasteiger partial charge on any atom is 0.145 e. The molecule has 4 N–H and O–H groups in total. The van der Waals surface area contributed by atoms with Gasteiger partial charge in [0.2, 0.25) is 0 Å². The molecule has 1 aromatic heterocycles. The van der Waals surface area contributed by atoms with Crippen LogP contribution in [0, 0.1) is 0 Å². The van der Waals surface area contributed by atoms with Crippen molar-refractivity contribution < 1.29 is 0 Å². The van der Waals surface area contributed by atoms with Crippen LogP contribution in [0.25, 0.3) is 0 Å². The summed E-state index contributed by atoms with van der Waals surface area (Å²) in [6.07, 6.45) is 7.32. The number of nitrogen functional groups attached to an aromatic ring is 1. The van der Waals surface area contributed by atoms with E-state index in [9.17, 15) is 0 Å². The SMILES string of the molecule is CCC1(Nc2cc(NN)nc(C3CC3)n2)CCC1. The summed E-state index contributed by atoms with van der Waals surface area (Å²) in [6.45, 7) is 2.23. The zero-order valence-electron chi connectivity index (χ0n) is 10.9.